The Labute approximate surface area is 164 Å². The minimum Gasteiger partial charge on any atom is -0.465 e. The molecule has 0 bridgehead atoms. The van der Waals surface area contributed by atoms with Gasteiger partial charge in [-0.3, -0.25) is 4.79 Å². The summed E-state index contributed by atoms with van der Waals surface area (Å²) in [6.07, 6.45) is 2.45. The zero-order chi connectivity index (χ0) is 19.7. The second-order valence-corrected chi connectivity index (χ2v) is 7.28. The lowest BCUT2D eigenvalue weighted by atomic mass is 10.0. The molecule has 9 heteroatoms. The molecule has 142 valence electrons. The van der Waals surface area contributed by atoms with Gasteiger partial charge in [0.05, 0.1) is 12.1 Å². The van der Waals surface area contributed by atoms with E-state index in [4.69, 9.17) is 14.6 Å². The summed E-state index contributed by atoms with van der Waals surface area (Å²) < 4.78 is 10.7. The predicted molar refractivity (Wildman–Crippen MR) is 101 cm³/mol. The van der Waals surface area contributed by atoms with Crippen molar-refractivity contribution < 1.29 is 24.2 Å². The van der Waals surface area contributed by atoms with Gasteiger partial charge in [-0.05, 0) is 24.1 Å². The number of ether oxygens (including phenoxy) is 2. The summed E-state index contributed by atoms with van der Waals surface area (Å²) in [4.78, 5) is 25.6. The summed E-state index contributed by atoms with van der Waals surface area (Å²) in [5, 5.41) is 21.8. The lowest BCUT2D eigenvalue weighted by molar-refractivity contribution is -0.111. The maximum atomic E-state index is 12.4. The molecule has 8 nitrogen and oxygen atoms in total. The molecule has 0 fully saturated rings. The molecule has 0 radical (unpaired) electrons. The first-order chi connectivity index (χ1) is 13.6. The van der Waals surface area contributed by atoms with Crippen LogP contribution in [0.15, 0.2) is 24.3 Å². The number of nitriles is 1. The number of benzene rings is 1. The number of para-hydroxylation sites is 1. The number of rotatable bonds is 3. The first-order valence-corrected chi connectivity index (χ1v) is 9.28. The number of carbonyl (C=O) groups is 2. The van der Waals surface area contributed by atoms with Gasteiger partial charge >= 0.3 is 6.09 Å². The molecule has 0 spiro atoms. The molecule has 1 aromatic carbocycles. The van der Waals surface area contributed by atoms with Gasteiger partial charge in [-0.1, -0.05) is 12.1 Å². The highest BCUT2D eigenvalue weighted by Gasteiger charge is 2.27. The molecule has 3 heterocycles. The average molecular weight is 397 g/mol. The van der Waals surface area contributed by atoms with Crippen molar-refractivity contribution in [3.8, 4) is 17.6 Å². The molecular weight excluding hydrogens is 382 g/mol. The van der Waals surface area contributed by atoms with E-state index in [2.05, 4.69) is 11.4 Å². The van der Waals surface area contributed by atoms with Crippen molar-refractivity contribution >= 4 is 34.4 Å². The van der Waals surface area contributed by atoms with E-state index in [0.29, 0.717) is 40.6 Å². The fourth-order valence-corrected chi connectivity index (χ4v) is 4.39. The molecule has 4 rings (SSSR count). The maximum Gasteiger partial charge on any atom is 0.407 e. The van der Waals surface area contributed by atoms with Crippen LogP contribution in [0.25, 0.3) is 6.08 Å². The molecule has 2 aromatic rings. The van der Waals surface area contributed by atoms with E-state index in [1.807, 2.05) is 6.07 Å². The van der Waals surface area contributed by atoms with Crippen molar-refractivity contribution in [2.75, 3.05) is 18.7 Å². The molecule has 2 amide bonds. The summed E-state index contributed by atoms with van der Waals surface area (Å²) >= 11 is 1.24. The fraction of sp³-hybridized carbons (Fsp3) is 0.211. The molecule has 0 atom stereocenters. The fourth-order valence-electron chi connectivity index (χ4n) is 3.18. The standard InChI is InChI=1S/C19H15N3O5S/c20-8-13-12-6-7-22(19(24)25)9-15(12)28-18(13)21-16(23)5-4-11-2-1-3-14-17(11)27-10-26-14/h1-5H,6-7,9-10H2,(H,21,23)(H,24,25). The number of thiophene rings is 1. The zero-order valence-electron chi connectivity index (χ0n) is 14.6. The van der Waals surface area contributed by atoms with Gasteiger partial charge in [0.25, 0.3) is 0 Å². The van der Waals surface area contributed by atoms with E-state index in [9.17, 15) is 14.9 Å². The van der Waals surface area contributed by atoms with Gasteiger partial charge in [0.15, 0.2) is 11.5 Å². The highest BCUT2D eigenvalue weighted by atomic mass is 32.1. The van der Waals surface area contributed by atoms with E-state index in [1.165, 1.54) is 22.3 Å². The lowest BCUT2D eigenvalue weighted by Gasteiger charge is -2.23. The lowest BCUT2D eigenvalue weighted by Crippen LogP contribution is -2.34. The number of hydrogen-bond donors (Lipinski definition) is 2. The van der Waals surface area contributed by atoms with E-state index >= 15 is 0 Å². The smallest absolute Gasteiger partial charge is 0.407 e. The van der Waals surface area contributed by atoms with Crippen molar-refractivity contribution in [1.82, 2.24) is 4.90 Å². The third-order valence-corrected chi connectivity index (χ3v) is 5.65. The summed E-state index contributed by atoms with van der Waals surface area (Å²) in [7, 11) is 0. The summed E-state index contributed by atoms with van der Waals surface area (Å²) in [6, 6.07) is 7.53. The maximum absolute atomic E-state index is 12.4. The largest absolute Gasteiger partial charge is 0.465 e. The van der Waals surface area contributed by atoms with Gasteiger partial charge in [0.1, 0.15) is 11.1 Å². The second-order valence-electron chi connectivity index (χ2n) is 6.18. The molecule has 0 aliphatic carbocycles. The van der Waals surface area contributed by atoms with Crippen molar-refractivity contribution in [2.45, 2.75) is 13.0 Å². The van der Waals surface area contributed by atoms with E-state index < -0.39 is 6.09 Å². The van der Waals surface area contributed by atoms with Crippen LogP contribution in [0.3, 0.4) is 0 Å². The third-order valence-electron chi connectivity index (χ3n) is 4.52. The van der Waals surface area contributed by atoms with Crippen molar-refractivity contribution in [1.29, 1.82) is 5.26 Å². The first kappa shape index (κ1) is 17.9. The molecule has 2 N–H and O–H groups in total. The topological polar surface area (TPSA) is 112 Å². The average Bonchev–Trinajstić information content (AvgIpc) is 3.29. The Morgan fingerprint density at radius 2 is 2.21 bits per heavy atom. The molecule has 2 aliphatic heterocycles. The number of carboxylic acid groups (broad SMARTS) is 1. The Balaban J connectivity index is 1.52. The molecule has 1 aromatic heterocycles. The van der Waals surface area contributed by atoms with Crippen LogP contribution in [-0.4, -0.2) is 35.3 Å². The molecular formula is C19H15N3O5S. The predicted octanol–water partition coefficient (Wildman–Crippen LogP) is 3.04. The van der Waals surface area contributed by atoms with Crippen LogP contribution in [0.4, 0.5) is 9.80 Å². The molecule has 28 heavy (non-hydrogen) atoms. The summed E-state index contributed by atoms with van der Waals surface area (Å²) in [6.45, 7) is 0.706. The van der Waals surface area contributed by atoms with Crippen LogP contribution in [0.5, 0.6) is 11.5 Å². The Morgan fingerprint density at radius 1 is 1.36 bits per heavy atom. The minimum atomic E-state index is -0.993. The van der Waals surface area contributed by atoms with Crippen LogP contribution < -0.4 is 14.8 Å². The van der Waals surface area contributed by atoms with Crippen molar-refractivity contribution in [3.05, 3.63) is 45.8 Å². The number of fused-ring (bicyclic) bond motifs is 2. The van der Waals surface area contributed by atoms with Gasteiger partial charge in [-0.15, -0.1) is 11.3 Å². The van der Waals surface area contributed by atoms with E-state index in [-0.39, 0.29) is 19.2 Å². The second kappa shape index (κ2) is 7.25. The van der Waals surface area contributed by atoms with E-state index in [1.54, 1.807) is 18.2 Å². The Morgan fingerprint density at radius 3 is 3.00 bits per heavy atom. The zero-order valence-corrected chi connectivity index (χ0v) is 15.4. The number of amides is 2. The van der Waals surface area contributed by atoms with Crippen molar-refractivity contribution in [3.63, 3.8) is 0 Å². The highest BCUT2D eigenvalue weighted by Crippen LogP contribution is 2.37. The number of carbonyl (C=O) groups excluding carboxylic acids is 1. The number of nitrogens with one attached hydrogen (secondary N) is 1. The molecule has 0 unspecified atom stereocenters. The number of anilines is 1. The molecule has 0 saturated heterocycles. The normalized spacial score (nSPS) is 14.6. The van der Waals surface area contributed by atoms with Crippen LogP contribution in [0, 0.1) is 11.3 Å². The number of nitrogens with zero attached hydrogens (tertiary/aromatic N) is 2. The van der Waals surface area contributed by atoms with Gasteiger partial charge in [0, 0.05) is 23.1 Å². The quantitative estimate of drug-likeness (QED) is 0.770. The van der Waals surface area contributed by atoms with Crippen LogP contribution in [-0.2, 0) is 17.8 Å². The van der Waals surface area contributed by atoms with Gasteiger partial charge in [-0.25, -0.2) is 4.79 Å². The first-order valence-electron chi connectivity index (χ1n) is 8.47. The van der Waals surface area contributed by atoms with Gasteiger partial charge in [0.2, 0.25) is 12.7 Å². The third kappa shape index (κ3) is 3.25. The van der Waals surface area contributed by atoms with Gasteiger partial charge < -0.3 is 24.8 Å². The summed E-state index contributed by atoms with van der Waals surface area (Å²) in [5.74, 6) is 0.828. The van der Waals surface area contributed by atoms with Crippen LogP contribution in [0.1, 0.15) is 21.6 Å². The summed E-state index contributed by atoms with van der Waals surface area (Å²) in [5.41, 5.74) is 1.94. The highest BCUT2D eigenvalue weighted by molar-refractivity contribution is 7.16. The van der Waals surface area contributed by atoms with Crippen LogP contribution >= 0.6 is 11.3 Å². The van der Waals surface area contributed by atoms with Crippen LogP contribution in [0.2, 0.25) is 0 Å². The Hall–Kier alpha value is -3.51. The molecule has 2 aliphatic rings. The van der Waals surface area contributed by atoms with Crippen molar-refractivity contribution in [2.24, 2.45) is 0 Å². The van der Waals surface area contributed by atoms with E-state index in [0.717, 1.165) is 10.4 Å². The minimum absolute atomic E-state index is 0.145. The van der Waals surface area contributed by atoms with Gasteiger partial charge in [-0.2, -0.15) is 5.26 Å². The SMILES string of the molecule is N#Cc1c(NC(=O)C=Cc2cccc3c2OCO3)sc2c1CCN(C(=O)O)C2. The molecule has 0 saturated carbocycles. The Bertz CT molecular complexity index is 1040. The Kier molecular flexibility index (Phi) is 4.63. The number of hydrogen-bond acceptors (Lipinski definition) is 6. The monoisotopic (exact) mass is 397 g/mol.